The number of rotatable bonds is 3. The fourth-order valence-corrected chi connectivity index (χ4v) is 2.22. The van der Waals surface area contributed by atoms with Gasteiger partial charge in [0.25, 0.3) is 0 Å². The van der Waals surface area contributed by atoms with Gasteiger partial charge in [-0.3, -0.25) is 4.90 Å². The molecule has 2 fully saturated rings. The van der Waals surface area contributed by atoms with Gasteiger partial charge in [-0.25, -0.2) is 0 Å². The lowest BCUT2D eigenvalue weighted by atomic mass is 10.0. The molecule has 2 nitrogen and oxygen atoms in total. The third kappa shape index (κ3) is 1.64. The molecule has 0 radical (unpaired) electrons. The molecule has 1 aliphatic heterocycles. The monoisotopic (exact) mass is 169 g/mol. The molecule has 3 unspecified atom stereocenters. The zero-order valence-electron chi connectivity index (χ0n) is 8.08. The van der Waals surface area contributed by atoms with Gasteiger partial charge >= 0.3 is 0 Å². The molecule has 0 aromatic rings. The maximum atomic E-state index is 9.84. The molecule has 0 amide bonds. The topological polar surface area (TPSA) is 23.5 Å². The molecule has 12 heavy (non-hydrogen) atoms. The maximum Gasteiger partial charge on any atom is 0.0743 e. The van der Waals surface area contributed by atoms with Gasteiger partial charge in [0.1, 0.15) is 0 Å². The molecule has 2 heteroatoms. The van der Waals surface area contributed by atoms with Gasteiger partial charge in [-0.15, -0.1) is 0 Å². The second-order valence-electron chi connectivity index (χ2n) is 4.80. The summed E-state index contributed by atoms with van der Waals surface area (Å²) in [5.74, 6) is 1.97. The van der Waals surface area contributed by atoms with Crippen LogP contribution < -0.4 is 0 Å². The summed E-state index contributed by atoms with van der Waals surface area (Å²) in [6.45, 7) is 7.34. The van der Waals surface area contributed by atoms with Crippen LogP contribution in [-0.4, -0.2) is 35.2 Å². The molecule has 2 rings (SSSR count). The van der Waals surface area contributed by atoms with Crippen LogP contribution in [0.4, 0.5) is 0 Å². The fourth-order valence-electron chi connectivity index (χ4n) is 2.22. The van der Waals surface area contributed by atoms with Crippen molar-refractivity contribution in [1.82, 2.24) is 4.90 Å². The van der Waals surface area contributed by atoms with Gasteiger partial charge in [-0.2, -0.15) is 0 Å². The van der Waals surface area contributed by atoms with E-state index in [2.05, 4.69) is 11.8 Å². The van der Waals surface area contributed by atoms with E-state index in [1.54, 1.807) is 0 Å². The molecule has 0 spiro atoms. The quantitative estimate of drug-likeness (QED) is 0.684. The highest BCUT2D eigenvalue weighted by atomic mass is 16.3. The average Bonchev–Trinajstić information content (AvgIpc) is 2.59. The van der Waals surface area contributed by atoms with Gasteiger partial charge in [0.2, 0.25) is 0 Å². The highest BCUT2D eigenvalue weighted by Gasteiger charge is 2.45. The minimum absolute atomic E-state index is 0.462. The average molecular weight is 169 g/mol. The predicted octanol–water partition coefficient (Wildman–Crippen LogP) is 1.10. The summed E-state index contributed by atoms with van der Waals surface area (Å²) in [5.41, 5.74) is -0.462. The highest BCUT2D eigenvalue weighted by Crippen LogP contribution is 2.45. The van der Waals surface area contributed by atoms with Crippen LogP contribution in [0.15, 0.2) is 0 Å². The molecule has 1 aliphatic carbocycles. The van der Waals surface area contributed by atoms with E-state index >= 15 is 0 Å². The number of piperidine rings is 1. The van der Waals surface area contributed by atoms with E-state index in [0.717, 1.165) is 24.8 Å². The van der Waals surface area contributed by atoms with Crippen molar-refractivity contribution in [2.24, 2.45) is 11.8 Å². The Bertz CT molecular complexity index is 169. The number of hydrogen-bond acceptors (Lipinski definition) is 2. The van der Waals surface area contributed by atoms with Crippen LogP contribution in [0, 0.1) is 11.8 Å². The van der Waals surface area contributed by atoms with Crippen LogP contribution in [0.5, 0.6) is 0 Å². The summed E-state index contributed by atoms with van der Waals surface area (Å²) in [5, 5.41) is 9.84. The normalized spacial score (nSPS) is 39.2. The fraction of sp³-hybridized carbons (Fsp3) is 1.00. The molecule has 70 valence electrons. The zero-order chi connectivity index (χ0) is 8.77. The Morgan fingerprint density at radius 2 is 2.00 bits per heavy atom. The van der Waals surface area contributed by atoms with E-state index in [1.165, 1.54) is 19.5 Å². The Morgan fingerprint density at radius 3 is 2.50 bits per heavy atom. The minimum atomic E-state index is -0.462. The number of fused-ring (bicyclic) bond motifs is 1. The Morgan fingerprint density at radius 1 is 1.42 bits per heavy atom. The molecule has 2 aliphatic rings. The van der Waals surface area contributed by atoms with Crippen molar-refractivity contribution < 1.29 is 5.11 Å². The maximum absolute atomic E-state index is 9.84. The summed E-state index contributed by atoms with van der Waals surface area (Å²) >= 11 is 0. The van der Waals surface area contributed by atoms with Crippen molar-refractivity contribution in [1.29, 1.82) is 0 Å². The van der Waals surface area contributed by atoms with Gasteiger partial charge in [-0.1, -0.05) is 6.92 Å². The highest BCUT2D eigenvalue weighted by molar-refractivity contribution is 4.98. The van der Waals surface area contributed by atoms with Gasteiger partial charge in [0, 0.05) is 19.6 Å². The third-order valence-electron chi connectivity index (χ3n) is 3.38. The lowest BCUT2D eigenvalue weighted by Crippen LogP contribution is -2.40. The van der Waals surface area contributed by atoms with Crippen LogP contribution in [0.25, 0.3) is 0 Å². The van der Waals surface area contributed by atoms with Gasteiger partial charge < -0.3 is 5.11 Å². The molecule has 0 aromatic carbocycles. The van der Waals surface area contributed by atoms with E-state index in [4.69, 9.17) is 0 Å². The number of aliphatic hydroxyl groups is 1. The predicted molar refractivity (Wildman–Crippen MR) is 49.0 cm³/mol. The molecule has 3 atom stereocenters. The lowest BCUT2D eigenvalue weighted by Gasteiger charge is -2.28. The summed E-state index contributed by atoms with van der Waals surface area (Å²) < 4.78 is 0. The molecule has 1 heterocycles. The first-order valence-corrected chi connectivity index (χ1v) is 5.05. The van der Waals surface area contributed by atoms with E-state index in [9.17, 15) is 5.11 Å². The van der Waals surface area contributed by atoms with Crippen LogP contribution in [0.1, 0.15) is 26.7 Å². The van der Waals surface area contributed by atoms with Gasteiger partial charge in [-0.05, 0) is 31.6 Å². The van der Waals surface area contributed by atoms with Crippen LogP contribution >= 0.6 is 0 Å². The summed E-state index contributed by atoms with van der Waals surface area (Å²) in [6.07, 6.45) is 2.31. The van der Waals surface area contributed by atoms with Gasteiger partial charge in [0.15, 0.2) is 0 Å². The van der Waals surface area contributed by atoms with Crippen LogP contribution in [-0.2, 0) is 0 Å². The smallest absolute Gasteiger partial charge is 0.0743 e. The molecule has 1 saturated heterocycles. The second-order valence-corrected chi connectivity index (χ2v) is 4.80. The lowest BCUT2D eigenvalue weighted by molar-refractivity contribution is 0.0200. The van der Waals surface area contributed by atoms with Crippen molar-refractivity contribution in [2.45, 2.75) is 32.3 Å². The zero-order valence-corrected chi connectivity index (χ0v) is 8.08. The molecular formula is C10H19NO. The molecule has 0 bridgehead atoms. The van der Waals surface area contributed by atoms with Crippen molar-refractivity contribution in [3.05, 3.63) is 0 Å². The van der Waals surface area contributed by atoms with Gasteiger partial charge in [0.05, 0.1) is 5.60 Å². The molecule has 1 saturated carbocycles. The van der Waals surface area contributed by atoms with E-state index < -0.39 is 5.60 Å². The van der Waals surface area contributed by atoms with Crippen molar-refractivity contribution in [3.63, 3.8) is 0 Å². The van der Waals surface area contributed by atoms with Crippen molar-refractivity contribution >= 4 is 0 Å². The minimum Gasteiger partial charge on any atom is -0.389 e. The van der Waals surface area contributed by atoms with Crippen LogP contribution in [0.3, 0.4) is 0 Å². The standard InChI is InChI=1S/C10H19NO/c1-3-10(2,12)7-11-5-8-4-9(8)6-11/h8-9,12H,3-7H2,1-2H3. The molecule has 0 aromatic heterocycles. The molecule has 1 N–H and O–H groups in total. The largest absolute Gasteiger partial charge is 0.389 e. The Labute approximate surface area is 74.6 Å². The van der Waals surface area contributed by atoms with Crippen molar-refractivity contribution in [3.8, 4) is 0 Å². The van der Waals surface area contributed by atoms with E-state index in [0.29, 0.717) is 0 Å². The first-order valence-electron chi connectivity index (χ1n) is 5.05. The van der Waals surface area contributed by atoms with Crippen molar-refractivity contribution in [2.75, 3.05) is 19.6 Å². The summed E-state index contributed by atoms with van der Waals surface area (Å²) in [7, 11) is 0. The Hall–Kier alpha value is -0.0800. The summed E-state index contributed by atoms with van der Waals surface area (Å²) in [6, 6.07) is 0. The summed E-state index contributed by atoms with van der Waals surface area (Å²) in [4.78, 5) is 2.42. The number of likely N-dealkylation sites (tertiary alicyclic amines) is 1. The first-order chi connectivity index (χ1) is 5.61. The van der Waals surface area contributed by atoms with Crippen LogP contribution in [0.2, 0.25) is 0 Å². The van der Waals surface area contributed by atoms with E-state index in [1.807, 2.05) is 6.92 Å². The SMILES string of the molecule is CCC(C)(O)CN1CC2CC2C1. The third-order valence-corrected chi connectivity index (χ3v) is 3.38. The number of hydrogen-bond donors (Lipinski definition) is 1. The number of β-amino-alcohol motifs (C(OH)–C–C–N with tert-alkyl or cyclic N) is 1. The Balaban J connectivity index is 1.80. The molecular weight excluding hydrogens is 150 g/mol. The Kier molecular flexibility index (Phi) is 1.92. The second kappa shape index (κ2) is 2.71. The first kappa shape index (κ1) is 8.52. The number of nitrogens with zero attached hydrogens (tertiary/aromatic N) is 1. The van der Waals surface area contributed by atoms with E-state index in [-0.39, 0.29) is 0 Å².